The summed E-state index contributed by atoms with van der Waals surface area (Å²) in [4.78, 5) is 3.78. The van der Waals surface area contributed by atoms with E-state index in [1.54, 1.807) is 18.2 Å². The number of nitrogens with zero attached hydrogens (tertiary/aromatic N) is 3. The van der Waals surface area contributed by atoms with Gasteiger partial charge >= 0.3 is 0 Å². The molecule has 1 heterocycles. The predicted molar refractivity (Wildman–Crippen MR) is 75.7 cm³/mol. The fraction of sp³-hybridized carbons (Fsp3) is 0.154. The number of aliphatic hydroxyl groups is 1. The molecule has 0 atom stereocenters. The van der Waals surface area contributed by atoms with Gasteiger partial charge in [-0.3, -0.25) is 0 Å². The molecule has 2 aromatic rings. The van der Waals surface area contributed by atoms with E-state index in [2.05, 4.69) is 31.7 Å². The number of aromatic nitrogens is 3. The van der Waals surface area contributed by atoms with E-state index in [1.807, 2.05) is 0 Å². The van der Waals surface area contributed by atoms with Gasteiger partial charge in [0.2, 0.25) is 0 Å². The summed E-state index contributed by atoms with van der Waals surface area (Å²) in [6.45, 7) is -0.0797. The molecule has 0 bridgehead atoms. The Labute approximate surface area is 122 Å². The molecule has 0 aliphatic heterocycles. The summed E-state index contributed by atoms with van der Waals surface area (Å²) >= 11 is 0. The van der Waals surface area contributed by atoms with Crippen LogP contribution in [0.4, 0.5) is 5.95 Å². The van der Waals surface area contributed by atoms with Crippen molar-refractivity contribution in [1.29, 1.82) is 0 Å². The minimum absolute atomic E-state index is 0.0166. The van der Waals surface area contributed by atoms with Gasteiger partial charge in [-0.15, -0.1) is 5.10 Å². The normalized spacial score (nSPS) is 10.5. The van der Waals surface area contributed by atoms with E-state index in [9.17, 15) is 8.42 Å². The van der Waals surface area contributed by atoms with Crippen molar-refractivity contribution in [3.05, 3.63) is 42.2 Å². The number of anilines is 1. The molecule has 108 valence electrons. The molecule has 1 aromatic carbocycles. The average Bonchev–Trinajstić information content (AvgIpc) is 2.48. The highest BCUT2D eigenvalue weighted by atomic mass is 32.2. The van der Waals surface area contributed by atoms with Gasteiger partial charge in [0.25, 0.3) is 16.0 Å². The monoisotopic (exact) mass is 304 g/mol. The van der Waals surface area contributed by atoms with Crippen molar-refractivity contribution in [2.24, 2.45) is 0 Å². The highest BCUT2D eigenvalue weighted by molar-refractivity contribution is 7.92. The Kier molecular flexibility index (Phi) is 4.81. The van der Waals surface area contributed by atoms with Gasteiger partial charge < -0.3 is 5.11 Å². The van der Waals surface area contributed by atoms with Crippen LogP contribution in [-0.4, -0.2) is 35.3 Å². The van der Waals surface area contributed by atoms with Crippen molar-refractivity contribution < 1.29 is 13.5 Å². The van der Waals surface area contributed by atoms with E-state index in [0.717, 1.165) is 0 Å². The molecule has 1 aromatic heterocycles. The molecular weight excluding hydrogens is 292 g/mol. The molecule has 0 aliphatic carbocycles. The Hall–Kier alpha value is -2.50. The average molecular weight is 304 g/mol. The molecule has 8 heteroatoms. The lowest BCUT2D eigenvalue weighted by Gasteiger charge is -2.07. The first-order valence-corrected chi connectivity index (χ1v) is 7.47. The van der Waals surface area contributed by atoms with Crippen LogP contribution in [0, 0.1) is 11.8 Å². The first kappa shape index (κ1) is 14.9. The molecule has 0 unspecified atom stereocenters. The SMILES string of the molecule is O=S(=O)(Nc1nccnn1)c1ccccc1C#CCCO. The van der Waals surface area contributed by atoms with E-state index < -0.39 is 10.0 Å². The van der Waals surface area contributed by atoms with Crippen LogP contribution in [0.3, 0.4) is 0 Å². The van der Waals surface area contributed by atoms with E-state index in [4.69, 9.17) is 5.11 Å². The molecule has 0 radical (unpaired) electrons. The summed E-state index contributed by atoms with van der Waals surface area (Å²) in [5, 5.41) is 15.8. The summed E-state index contributed by atoms with van der Waals surface area (Å²) in [5.74, 6) is 5.30. The van der Waals surface area contributed by atoms with Crippen LogP contribution < -0.4 is 4.72 Å². The minimum atomic E-state index is -3.86. The van der Waals surface area contributed by atoms with Crippen molar-refractivity contribution in [3.8, 4) is 11.8 Å². The van der Waals surface area contributed by atoms with E-state index in [0.29, 0.717) is 5.56 Å². The van der Waals surface area contributed by atoms with Crippen molar-refractivity contribution in [2.45, 2.75) is 11.3 Å². The standard InChI is InChI=1S/C13H12N4O3S/c18-10-4-3-6-11-5-1-2-7-12(11)21(19,20)17-13-14-8-9-15-16-13/h1-2,5,7-9,18H,4,10H2,(H,14,16,17). The molecule has 2 rings (SSSR count). The lowest BCUT2D eigenvalue weighted by molar-refractivity contribution is 0.305. The Balaban J connectivity index is 2.35. The summed E-state index contributed by atoms with van der Waals surface area (Å²) in [6.07, 6.45) is 2.94. The van der Waals surface area contributed by atoms with Gasteiger partial charge in [-0.05, 0) is 12.1 Å². The second-order valence-corrected chi connectivity index (χ2v) is 5.49. The Morgan fingerprint density at radius 3 is 2.76 bits per heavy atom. The Morgan fingerprint density at radius 1 is 1.24 bits per heavy atom. The van der Waals surface area contributed by atoms with Gasteiger partial charge in [-0.2, -0.15) is 5.10 Å². The van der Waals surface area contributed by atoms with Crippen molar-refractivity contribution >= 4 is 16.0 Å². The first-order valence-electron chi connectivity index (χ1n) is 5.99. The Morgan fingerprint density at radius 2 is 2.05 bits per heavy atom. The number of benzene rings is 1. The van der Waals surface area contributed by atoms with Crippen LogP contribution in [-0.2, 0) is 10.0 Å². The largest absolute Gasteiger partial charge is 0.395 e. The van der Waals surface area contributed by atoms with Crippen molar-refractivity contribution in [3.63, 3.8) is 0 Å². The number of hydrogen-bond acceptors (Lipinski definition) is 6. The fourth-order valence-corrected chi connectivity index (χ4v) is 2.60. The summed E-state index contributed by atoms with van der Waals surface area (Å²) in [6, 6.07) is 6.29. The summed E-state index contributed by atoms with van der Waals surface area (Å²) in [7, 11) is -3.86. The van der Waals surface area contributed by atoms with Gasteiger partial charge in [0.15, 0.2) is 0 Å². The van der Waals surface area contributed by atoms with Crippen molar-refractivity contribution in [2.75, 3.05) is 11.3 Å². The van der Waals surface area contributed by atoms with Crippen LogP contribution in [0.2, 0.25) is 0 Å². The maximum absolute atomic E-state index is 12.3. The molecular formula is C13H12N4O3S. The third-order valence-electron chi connectivity index (χ3n) is 2.34. The maximum atomic E-state index is 12.3. The van der Waals surface area contributed by atoms with Crippen molar-refractivity contribution in [1.82, 2.24) is 15.2 Å². The molecule has 7 nitrogen and oxygen atoms in total. The van der Waals surface area contributed by atoms with Gasteiger partial charge in [0.1, 0.15) is 4.90 Å². The fourth-order valence-electron chi connectivity index (χ4n) is 1.49. The van der Waals surface area contributed by atoms with E-state index in [-0.39, 0.29) is 23.9 Å². The van der Waals surface area contributed by atoms with Gasteiger partial charge in [0.05, 0.1) is 19.0 Å². The lowest BCUT2D eigenvalue weighted by Crippen LogP contribution is -2.16. The number of rotatable bonds is 4. The van der Waals surface area contributed by atoms with Gasteiger partial charge in [-0.1, -0.05) is 24.0 Å². The highest BCUT2D eigenvalue weighted by Gasteiger charge is 2.18. The molecule has 0 aliphatic rings. The smallest absolute Gasteiger partial charge is 0.265 e. The number of aliphatic hydroxyl groups excluding tert-OH is 1. The quantitative estimate of drug-likeness (QED) is 0.792. The number of hydrogen-bond donors (Lipinski definition) is 2. The first-order chi connectivity index (χ1) is 10.1. The Bertz CT molecular complexity index is 767. The summed E-state index contributed by atoms with van der Waals surface area (Å²) in [5.41, 5.74) is 0.336. The predicted octanol–water partition coefficient (Wildman–Crippen LogP) is 0.406. The molecule has 0 amide bonds. The third kappa shape index (κ3) is 3.98. The molecule has 21 heavy (non-hydrogen) atoms. The van der Waals surface area contributed by atoms with E-state index in [1.165, 1.54) is 18.5 Å². The zero-order chi connectivity index (χ0) is 15.1. The van der Waals surface area contributed by atoms with E-state index >= 15 is 0 Å². The van der Waals surface area contributed by atoms with Gasteiger partial charge in [-0.25, -0.2) is 18.1 Å². The van der Waals surface area contributed by atoms with Crippen LogP contribution in [0.5, 0.6) is 0 Å². The number of sulfonamides is 1. The maximum Gasteiger partial charge on any atom is 0.265 e. The second kappa shape index (κ2) is 6.78. The molecule has 0 spiro atoms. The van der Waals surface area contributed by atoms with Crippen LogP contribution >= 0.6 is 0 Å². The lowest BCUT2D eigenvalue weighted by atomic mass is 10.2. The van der Waals surface area contributed by atoms with Crippen LogP contribution in [0.25, 0.3) is 0 Å². The zero-order valence-corrected chi connectivity index (χ0v) is 11.7. The minimum Gasteiger partial charge on any atom is -0.395 e. The highest BCUT2D eigenvalue weighted by Crippen LogP contribution is 2.16. The zero-order valence-electron chi connectivity index (χ0n) is 10.9. The van der Waals surface area contributed by atoms with Crippen LogP contribution in [0.15, 0.2) is 41.6 Å². The third-order valence-corrected chi connectivity index (χ3v) is 3.73. The second-order valence-electron chi connectivity index (χ2n) is 3.84. The summed E-state index contributed by atoms with van der Waals surface area (Å²) < 4.78 is 26.9. The van der Waals surface area contributed by atoms with Gasteiger partial charge in [0, 0.05) is 12.0 Å². The molecule has 2 N–H and O–H groups in total. The molecule has 0 fully saturated rings. The molecule has 0 saturated carbocycles. The van der Waals surface area contributed by atoms with Crippen LogP contribution in [0.1, 0.15) is 12.0 Å². The topological polar surface area (TPSA) is 105 Å². The number of nitrogens with one attached hydrogen (secondary N) is 1. The molecule has 0 saturated heterocycles.